The Labute approximate surface area is 173 Å². The summed E-state index contributed by atoms with van der Waals surface area (Å²) < 4.78 is 5.76. The molecule has 0 bridgehead atoms. The van der Waals surface area contributed by atoms with Gasteiger partial charge in [-0.15, -0.1) is 0 Å². The summed E-state index contributed by atoms with van der Waals surface area (Å²) in [6.07, 6.45) is 1.74. The van der Waals surface area contributed by atoms with Crippen LogP contribution in [0.1, 0.15) is 16.9 Å². The fourth-order valence-corrected chi connectivity index (χ4v) is 3.33. The van der Waals surface area contributed by atoms with Gasteiger partial charge in [0.15, 0.2) is 0 Å². The number of furan rings is 1. The Balaban J connectivity index is 1.40. The van der Waals surface area contributed by atoms with Crippen molar-refractivity contribution in [1.29, 1.82) is 0 Å². The third-order valence-corrected chi connectivity index (χ3v) is 5.10. The Morgan fingerprint density at radius 2 is 1.90 bits per heavy atom. The van der Waals surface area contributed by atoms with Crippen LogP contribution in [0.3, 0.4) is 0 Å². The summed E-state index contributed by atoms with van der Waals surface area (Å²) in [6.45, 7) is 1.95. The van der Waals surface area contributed by atoms with Gasteiger partial charge in [-0.2, -0.15) is 5.10 Å². The van der Waals surface area contributed by atoms with Crippen LogP contribution in [0, 0.1) is 6.92 Å². The summed E-state index contributed by atoms with van der Waals surface area (Å²) >= 11 is 6.18. The average Bonchev–Trinajstić information content (AvgIpc) is 3.19. The maximum absolute atomic E-state index is 12.3. The molecule has 1 heterocycles. The van der Waals surface area contributed by atoms with Gasteiger partial charge in [-0.1, -0.05) is 66.2 Å². The number of benzene rings is 3. The Morgan fingerprint density at radius 1 is 1.07 bits per heavy atom. The molecule has 0 saturated heterocycles. The predicted molar refractivity (Wildman–Crippen MR) is 117 cm³/mol. The molecule has 4 nitrogen and oxygen atoms in total. The van der Waals surface area contributed by atoms with Gasteiger partial charge < -0.3 is 4.42 Å². The maximum Gasteiger partial charge on any atom is 0.244 e. The first-order valence-electron chi connectivity index (χ1n) is 9.25. The minimum absolute atomic E-state index is 0.185. The third-order valence-electron chi connectivity index (χ3n) is 4.70. The number of halogens is 1. The van der Waals surface area contributed by atoms with E-state index in [1.54, 1.807) is 6.07 Å². The van der Waals surface area contributed by atoms with Gasteiger partial charge >= 0.3 is 0 Å². The minimum Gasteiger partial charge on any atom is -0.455 e. The molecule has 144 valence electrons. The SMILES string of the molecule is Cc1ccc(-c2ccc(C=NNC(=O)Cc3cccc4ccccc34)o2)cc1Cl. The van der Waals surface area contributed by atoms with E-state index in [0.29, 0.717) is 16.5 Å². The number of hydrazone groups is 1. The van der Waals surface area contributed by atoms with Gasteiger partial charge in [0.2, 0.25) is 5.91 Å². The Kier molecular flexibility index (Phi) is 5.45. The van der Waals surface area contributed by atoms with Crippen molar-refractivity contribution in [1.82, 2.24) is 5.43 Å². The molecule has 5 heteroatoms. The summed E-state index contributed by atoms with van der Waals surface area (Å²) in [4.78, 5) is 12.3. The number of carbonyl (C=O) groups is 1. The molecule has 4 aromatic rings. The zero-order valence-corrected chi connectivity index (χ0v) is 16.6. The van der Waals surface area contributed by atoms with E-state index in [2.05, 4.69) is 10.5 Å². The lowest BCUT2D eigenvalue weighted by molar-refractivity contribution is -0.120. The van der Waals surface area contributed by atoms with Crippen LogP contribution in [0.15, 0.2) is 82.3 Å². The van der Waals surface area contributed by atoms with Crippen LogP contribution < -0.4 is 5.43 Å². The summed E-state index contributed by atoms with van der Waals surface area (Å²) in [5.74, 6) is 1.05. The van der Waals surface area contributed by atoms with E-state index in [9.17, 15) is 4.79 Å². The summed E-state index contributed by atoms with van der Waals surface area (Å²) in [5, 5.41) is 6.88. The van der Waals surface area contributed by atoms with Crippen molar-refractivity contribution < 1.29 is 9.21 Å². The van der Waals surface area contributed by atoms with Crippen molar-refractivity contribution in [3.05, 3.63) is 94.7 Å². The second-order valence-corrected chi connectivity index (χ2v) is 7.18. The van der Waals surface area contributed by atoms with E-state index in [1.807, 2.05) is 73.7 Å². The molecule has 0 saturated carbocycles. The molecule has 4 rings (SSSR count). The molecular formula is C24H19ClN2O2. The highest BCUT2D eigenvalue weighted by Gasteiger charge is 2.07. The third kappa shape index (κ3) is 4.39. The zero-order chi connectivity index (χ0) is 20.2. The molecule has 3 aromatic carbocycles. The second-order valence-electron chi connectivity index (χ2n) is 6.77. The van der Waals surface area contributed by atoms with Gasteiger partial charge in [-0.3, -0.25) is 4.79 Å². The minimum atomic E-state index is -0.185. The van der Waals surface area contributed by atoms with Crippen LogP contribution >= 0.6 is 11.6 Å². The van der Waals surface area contributed by atoms with Gasteiger partial charge in [-0.05, 0) is 47.0 Å². The number of hydrogen-bond acceptors (Lipinski definition) is 3. The van der Waals surface area contributed by atoms with Crippen LogP contribution in [-0.4, -0.2) is 12.1 Å². The normalized spacial score (nSPS) is 11.2. The molecule has 0 unspecified atom stereocenters. The van der Waals surface area contributed by atoms with E-state index in [0.717, 1.165) is 27.5 Å². The zero-order valence-electron chi connectivity index (χ0n) is 15.9. The number of fused-ring (bicyclic) bond motifs is 1. The summed E-state index contributed by atoms with van der Waals surface area (Å²) in [6, 6.07) is 23.3. The molecule has 0 fully saturated rings. The summed E-state index contributed by atoms with van der Waals surface area (Å²) in [5.41, 5.74) is 5.43. The molecule has 1 amide bonds. The molecule has 1 aromatic heterocycles. The average molecular weight is 403 g/mol. The van der Waals surface area contributed by atoms with Crippen molar-refractivity contribution >= 4 is 34.5 Å². The molecule has 0 radical (unpaired) electrons. The standard InChI is InChI=1S/C24H19ClN2O2/c1-16-9-10-19(13-22(16)25)23-12-11-20(29-23)15-26-27-24(28)14-18-7-4-6-17-5-2-3-8-21(17)18/h2-13,15H,14H2,1H3,(H,27,28). The van der Waals surface area contributed by atoms with Gasteiger partial charge in [0.25, 0.3) is 0 Å². The van der Waals surface area contributed by atoms with Crippen molar-refractivity contribution in [3.8, 4) is 11.3 Å². The van der Waals surface area contributed by atoms with E-state index < -0.39 is 0 Å². The molecule has 1 N–H and O–H groups in total. The quantitative estimate of drug-likeness (QED) is 0.341. The number of nitrogens with zero attached hydrogens (tertiary/aromatic N) is 1. The highest BCUT2D eigenvalue weighted by atomic mass is 35.5. The van der Waals surface area contributed by atoms with Crippen molar-refractivity contribution in [2.75, 3.05) is 0 Å². The lowest BCUT2D eigenvalue weighted by Gasteiger charge is -2.05. The number of amides is 1. The number of hydrogen-bond donors (Lipinski definition) is 1. The van der Waals surface area contributed by atoms with Crippen LogP contribution in [0.5, 0.6) is 0 Å². The number of nitrogens with one attached hydrogen (secondary N) is 1. The molecule has 0 aliphatic heterocycles. The molecule has 0 aliphatic rings. The van der Waals surface area contributed by atoms with Gasteiger partial charge in [-0.25, -0.2) is 5.43 Å². The number of rotatable bonds is 5. The van der Waals surface area contributed by atoms with Gasteiger partial charge in [0.1, 0.15) is 11.5 Å². The molecule has 0 aliphatic carbocycles. The lowest BCUT2D eigenvalue weighted by Crippen LogP contribution is -2.19. The first-order chi connectivity index (χ1) is 14.1. The number of aryl methyl sites for hydroxylation is 1. The Hall–Kier alpha value is -3.37. The highest BCUT2D eigenvalue weighted by molar-refractivity contribution is 6.31. The molecule has 0 spiro atoms. The smallest absolute Gasteiger partial charge is 0.244 e. The van der Waals surface area contributed by atoms with Gasteiger partial charge in [0, 0.05) is 10.6 Å². The fourth-order valence-electron chi connectivity index (χ4n) is 3.15. The summed E-state index contributed by atoms with van der Waals surface area (Å²) in [7, 11) is 0. The molecule has 0 atom stereocenters. The van der Waals surface area contributed by atoms with Crippen LogP contribution in [-0.2, 0) is 11.2 Å². The largest absolute Gasteiger partial charge is 0.455 e. The maximum atomic E-state index is 12.3. The second kappa shape index (κ2) is 8.33. The first kappa shape index (κ1) is 19.0. The van der Waals surface area contributed by atoms with Crippen molar-refractivity contribution in [2.24, 2.45) is 5.10 Å². The monoisotopic (exact) mass is 402 g/mol. The van der Waals surface area contributed by atoms with E-state index >= 15 is 0 Å². The van der Waals surface area contributed by atoms with Crippen LogP contribution in [0.2, 0.25) is 5.02 Å². The van der Waals surface area contributed by atoms with E-state index in [-0.39, 0.29) is 12.3 Å². The highest BCUT2D eigenvalue weighted by Crippen LogP contribution is 2.26. The Morgan fingerprint density at radius 3 is 2.76 bits per heavy atom. The van der Waals surface area contributed by atoms with Crippen molar-refractivity contribution in [2.45, 2.75) is 13.3 Å². The lowest BCUT2D eigenvalue weighted by atomic mass is 10.0. The van der Waals surface area contributed by atoms with Crippen LogP contribution in [0.25, 0.3) is 22.1 Å². The first-order valence-corrected chi connectivity index (χ1v) is 9.63. The topological polar surface area (TPSA) is 54.6 Å². The molecular weight excluding hydrogens is 384 g/mol. The fraction of sp³-hybridized carbons (Fsp3) is 0.0833. The Bertz CT molecular complexity index is 1210. The van der Waals surface area contributed by atoms with E-state index in [1.165, 1.54) is 6.21 Å². The number of carbonyl (C=O) groups excluding carboxylic acids is 1. The van der Waals surface area contributed by atoms with Crippen molar-refractivity contribution in [3.63, 3.8) is 0 Å². The predicted octanol–water partition coefficient (Wildman–Crippen LogP) is 5.75. The van der Waals surface area contributed by atoms with E-state index in [4.69, 9.17) is 16.0 Å². The van der Waals surface area contributed by atoms with Crippen LogP contribution in [0.4, 0.5) is 0 Å². The molecule has 29 heavy (non-hydrogen) atoms. The van der Waals surface area contributed by atoms with Gasteiger partial charge in [0.05, 0.1) is 12.6 Å².